The largest absolute Gasteiger partial charge is 0.393 e. The molecule has 0 aromatic carbocycles. The summed E-state index contributed by atoms with van der Waals surface area (Å²) in [6.07, 6.45) is -0.458. The van der Waals surface area contributed by atoms with Crippen LogP contribution in [0.25, 0.3) is 0 Å². The van der Waals surface area contributed by atoms with Crippen molar-refractivity contribution >= 4 is 5.71 Å². The van der Waals surface area contributed by atoms with Gasteiger partial charge >= 0.3 is 0 Å². The summed E-state index contributed by atoms with van der Waals surface area (Å²) in [6, 6.07) is 0. The van der Waals surface area contributed by atoms with Gasteiger partial charge in [0.25, 0.3) is 0 Å². The Labute approximate surface area is 41.6 Å². The van der Waals surface area contributed by atoms with Crippen LogP contribution in [0.3, 0.4) is 0 Å². The van der Waals surface area contributed by atoms with Gasteiger partial charge in [0.15, 0.2) is 0 Å². The van der Waals surface area contributed by atoms with Gasteiger partial charge in [0.2, 0.25) is 0 Å². The predicted molar refractivity (Wildman–Crippen MR) is 25.1 cm³/mol. The molecule has 1 aliphatic rings. The van der Waals surface area contributed by atoms with Crippen LogP contribution in [-0.4, -0.2) is 23.5 Å². The standard InChI is InChI=1S/C4H7NO2/c1-3-4(6)2-7-5-3/h4,6H,2H2,1H3. The summed E-state index contributed by atoms with van der Waals surface area (Å²) in [5.41, 5.74) is 0.667. The Balaban J connectivity index is 2.54. The molecule has 0 radical (unpaired) electrons. The molecule has 1 unspecified atom stereocenters. The lowest BCUT2D eigenvalue weighted by atomic mass is 10.3. The van der Waals surface area contributed by atoms with Gasteiger partial charge in [-0.3, -0.25) is 0 Å². The molecule has 0 bridgehead atoms. The quantitative estimate of drug-likeness (QED) is 0.457. The van der Waals surface area contributed by atoms with Crippen LogP contribution in [0.15, 0.2) is 5.16 Å². The van der Waals surface area contributed by atoms with Crippen LogP contribution < -0.4 is 0 Å². The number of aliphatic hydroxyl groups excluding tert-OH is 1. The van der Waals surface area contributed by atoms with E-state index >= 15 is 0 Å². The average Bonchev–Trinajstić information content (AvgIpc) is 1.91. The highest BCUT2D eigenvalue weighted by Crippen LogP contribution is 1.98. The Morgan fingerprint density at radius 2 is 2.71 bits per heavy atom. The van der Waals surface area contributed by atoms with E-state index in [4.69, 9.17) is 5.11 Å². The van der Waals surface area contributed by atoms with Crippen LogP contribution in [0, 0.1) is 0 Å². The molecular formula is C4H7NO2. The lowest BCUT2D eigenvalue weighted by Crippen LogP contribution is -2.15. The minimum Gasteiger partial charge on any atom is -0.393 e. The molecule has 0 aliphatic carbocycles. The van der Waals surface area contributed by atoms with Crippen LogP contribution in [-0.2, 0) is 4.84 Å². The Kier molecular flexibility index (Phi) is 0.982. The Morgan fingerprint density at radius 1 is 2.00 bits per heavy atom. The van der Waals surface area contributed by atoms with E-state index in [1.54, 1.807) is 6.92 Å². The van der Waals surface area contributed by atoms with Crippen LogP contribution in [0.5, 0.6) is 0 Å². The molecule has 1 rings (SSSR count). The Bertz CT molecular complexity index is 99.9. The zero-order valence-corrected chi connectivity index (χ0v) is 4.09. The molecule has 0 fully saturated rings. The van der Waals surface area contributed by atoms with Gasteiger partial charge in [0, 0.05) is 0 Å². The van der Waals surface area contributed by atoms with E-state index in [-0.39, 0.29) is 0 Å². The number of oxime groups is 1. The summed E-state index contributed by atoms with van der Waals surface area (Å²) in [4.78, 5) is 4.51. The molecule has 0 saturated carbocycles. The third-order valence-electron chi connectivity index (χ3n) is 0.923. The summed E-state index contributed by atoms with van der Waals surface area (Å²) >= 11 is 0. The second-order valence-corrected chi connectivity index (χ2v) is 1.54. The highest BCUT2D eigenvalue weighted by atomic mass is 16.6. The molecule has 0 aromatic rings. The average molecular weight is 101 g/mol. The molecule has 40 valence electrons. The van der Waals surface area contributed by atoms with E-state index in [0.29, 0.717) is 12.3 Å². The van der Waals surface area contributed by atoms with Crippen LogP contribution >= 0.6 is 0 Å². The number of aliphatic hydroxyl groups is 1. The highest BCUT2D eigenvalue weighted by molar-refractivity contribution is 5.86. The molecule has 0 amide bonds. The fraction of sp³-hybridized carbons (Fsp3) is 0.750. The third kappa shape index (κ3) is 0.718. The Hall–Kier alpha value is -0.570. The highest BCUT2D eigenvalue weighted by Gasteiger charge is 2.14. The fourth-order valence-corrected chi connectivity index (χ4v) is 0.391. The third-order valence-corrected chi connectivity index (χ3v) is 0.923. The van der Waals surface area contributed by atoms with Gasteiger partial charge in [-0.1, -0.05) is 5.16 Å². The topological polar surface area (TPSA) is 41.8 Å². The molecule has 1 aliphatic heterocycles. The zero-order valence-electron chi connectivity index (χ0n) is 4.09. The van der Waals surface area contributed by atoms with Crippen molar-refractivity contribution < 1.29 is 9.94 Å². The molecule has 0 spiro atoms. The van der Waals surface area contributed by atoms with E-state index < -0.39 is 6.10 Å². The van der Waals surface area contributed by atoms with E-state index in [1.165, 1.54) is 0 Å². The minimum atomic E-state index is -0.458. The molecule has 1 N–H and O–H groups in total. The Morgan fingerprint density at radius 3 is 2.86 bits per heavy atom. The van der Waals surface area contributed by atoms with E-state index in [0.717, 1.165) is 0 Å². The summed E-state index contributed by atoms with van der Waals surface area (Å²) in [6.45, 7) is 2.06. The second kappa shape index (κ2) is 1.50. The summed E-state index contributed by atoms with van der Waals surface area (Å²) in [5.74, 6) is 0. The SMILES string of the molecule is CC1=NOCC1O. The maximum atomic E-state index is 8.74. The van der Waals surface area contributed by atoms with E-state index in [2.05, 4.69) is 9.99 Å². The van der Waals surface area contributed by atoms with Crippen molar-refractivity contribution in [2.45, 2.75) is 13.0 Å². The molecule has 1 heterocycles. The van der Waals surface area contributed by atoms with Gasteiger partial charge in [-0.2, -0.15) is 0 Å². The van der Waals surface area contributed by atoms with Gasteiger partial charge in [0.1, 0.15) is 12.7 Å². The minimum absolute atomic E-state index is 0.325. The van der Waals surface area contributed by atoms with Crippen molar-refractivity contribution in [3.05, 3.63) is 0 Å². The molecule has 3 nitrogen and oxygen atoms in total. The first-order chi connectivity index (χ1) is 3.30. The first-order valence-corrected chi connectivity index (χ1v) is 2.15. The van der Waals surface area contributed by atoms with Crippen molar-refractivity contribution in [3.8, 4) is 0 Å². The molecule has 1 atom stereocenters. The van der Waals surface area contributed by atoms with E-state index in [1.807, 2.05) is 0 Å². The monoisotopic (exact) mass is 101 g/mol. The first kappa shape index (κ1) is 4.59. The van der Waals surface area contributed by atoms with Crippen LogP contribution in [0.1, 0.15) is 6.92 Å². The maximum absolute atomic E-state index is 8.74. The number of rotatable bonds is 0. The summed E-state index contributed by atoms with van der Waals surface area (Å²) < 4.78 is 0. The maximum Gasteiger partial charge on any atom is 0.148 e. The first-order valence-electron chi connectivity index (χ1n) is 2.15. The molecule has 7 heavy (non-hydrogen) atoms. The summed E-state index contributed by atoms with van der Waals surface area (Å²) in [5, 5.41) is 12.2. The van der Waals surface area contributed by atoms with Gasteiger partial charge in [0.05, 0.1) is 5.71 Å². The van der Waals surface area contributed by atoms with Crippen molar-refractivity contribution in [1.82, 2.24) is 0 Å². The fourth-order valence-electron chi connectivity index (χ4n) is 0.391. The van der Waals surface area contributed by atoms with E-state index in [9.17, 15) is 0 Å². The number of hydrogen-bond acceptors (Lipinski definition) is 3. The van der Waals surface area contributed by atoms with Gasteiger partial charge < -0.3 is 9.94 Å². The van der Waals surface area contributed by atoms with Crippen molar-refractivity contribution in [2.24, 2.45) is 5.16 Å². The lowest BCUT2D eigenvalue weighted by Gasteiger charge is -1.91. The predicted octanol–water partition coefficient (Wildman–Crippen LogP) is -0.247. The molecule has 0 aromatic heterocycles. The molecule has 0 saturated heterocycles. The van der Waals surface area contributed by atoms with Gasteiger partial charge in [-0.15, -0.1) is 0 Å². The van der Waals surface area contributed by atoms with Crippen LogP contribution in [0.4, 0.5) is 0 Å². The second-order valence-electron chi connectivity index (χ2n) is 1.54. The lowest BCUT2D eigenvalue weighted by molar-refractivity contribution is 0.105. The smallest absolute Gasteiger partial charge is 0.148 e. The molecular weight excluding hydrogens is 94.0 g/mol. The van der Waals surface area contributed by atoms with Crippen LogP contribution in [0.2, 0.25) is 0 Å². The van der Waals surface area contributed by atoms with Crippen molar-refractivity contribution in [1.29, 1.82) is 0 Å². The number of hydrogen-bond donors (Lipinski definition) is 1. The van der Waals surface area contributed by atoms with Gasteiger partial charge in [-0.05, 0) is 6.92 Å². The summed E-state index contributed by atoms with van der Waals surface area (Å²) in [7, 11) is 0. The molecule has 3 heteroatoms. The van der Waals surface area contributed by atoms with Crippen molar-refractivity contribution in [2.75, 3.05) is 6.61 Å². The van der Waals surface area contributed by atoms with Gasteiger partial charge in [-0.25, -0.2) is 0 Å². The number of nitrogens with zero attached hydrogens (tertiary/aromatic N) is 1. The zero-order chi connectivity index (χ0) is 5.28. The van der Waals surface area contributed by atoms with Crippen molar-refractivity contribution in [3.63, 3.8) is 0 Å². The normalized spacial score (nSPS) is 29.4.